The van der Waals surface area contributed by atoms with Crippen LogP contribution >= 0.6 is 15.9 Å². The Morgan fingerprint density at radius 2 is 1.80 bits per heavy atom. The smallest absolute Gasteiger partial charge is 0.257 e. The summed E-state index contributed by atoms with van der Waals surface area (Å²) in [6.07, 6.45) is 7.29. The molecular formula is C28H38BrN5O. The highest BCUT2D eigenvalue weighted by Crippen LogP contribution is 2.39. The molecule has 0 N–H and O–H groups in total. The summed E-state index contributed by atoms with van der Waals surface area (Å²) in [6.45, 7) is 13.5. The highest BCUT2D eigenvalue weighted by Gasteiger charge is 2.41. The number of likely N-dealkylation sites (tertiary alicyclic amines) is 1. The molecule has 2 saturated heterocycles. The summed E-state index contributed by atoms with van der Waals surface area (Å²) in [5.41, 5.74) is 5.42. The number of piperidine rings is 1. The maximum absolute atomic E-state index is 13.2. The second-order valence-corrected chi connectivity index (χ2v) is 11.9. The topological polar surface area (TPSA) is 52.6 Å². The first-order valence-corrected chi connectivity index (χ1v) is 13.9. The van der Waals surface area contributed by atoms with Gasteiger partial charge < -0.3 is 4.90 Å². The zero-order valence-electron chi connectivity index (χ0n) is 21.6. The molecule has 0 saturated carbocycles. The summed E-state index contributed by atoms with van der Waals surface area (Å²) in [7, 11) is 0. The third-order valence-electron chi connectivity index (χ3n) is 8.80. The monoisotopic (exact) mass is 539 g/mol. The summed E-state index contributed by atoms with van der Waals surface area (Å²) < 4.78 is 1.19. The van der Waals surface area contributed by atoms with Crippen LogP contribution in [-0.4, -0.2) is 74.9 Å². The fraction of sp³-hybridized carbons (Fsp3) is 0.607. The van der Waals surface area contributed by atoms with Crippen LogP contribution in [0.5, 0.6) is 0 Å². The minimum atomic E-state index is 0.0865. The highest BCUT2D eigenvalue weighted by atomic mass is 79.9. The number of aromatic nitrogens is 2. The summed E-state index contributed by atoms with van der Waals surface area (Å²) in [5.74, 6) is 0.0865. The predicted octanol–water partition coefficient (Wildman–Crippen LogP) is 4.93. The van der Waals surface area contributed by atoms with Crippen LogP contribution in [0.1, 0.15) is 78.4 Å². The number of nitrogens with zero attached hydrogens (tertiary/aromatic N) is 5. The second-order valence-electron chi connectivity index (χ2n) is 11.0. The highest BCUT2D eigenvalue weighted by molar-refractivity contribution is 9.10. The average molecular weight is 541 g/mol. The molecule has 2 aromatic rings. The van der Waals surface area contributed by atoms with E-state index in [9.17, 15) is 4.79 Å². The number of carbonyl (C=O) groups is 1. The van der Waals surface area contributed by atoms with Crippen LogP contribution in [-0.2, 0) is 6.42 Å². The quantitative estimate of drug-likeness (QED) is 0.553. The van der Waals surface area contributed by atoms with Crippen LogP contribution in [0.2, 0.25) is 0 Å². The maximum atomic E-state index is 13.2. The Balaban J connectivity index is 1.23. The second kappa shape index (κ2) is 9.91. The number of amides is 1. The molecule has 1 aromatic carbocycles. The zero-order valence-corrected chi connectivity index (χ0v) is 23.1. The lowest BCUT2D eigenvalue weighted by Gasteiger charge is -2.53. The van der Waals surface area contributed by atoms with Crippen LogP contribution in [0.15, 0.2) is 29.0 Å². The van der Waals surface area contributed by atoms with Gasteiger partial charge in [-0.1, -0.05) is 22.0 Å². The Bertz CT molecular complexity index is 1080. The van der Waals surface area contributed by atoms with Crippen LogP contribution in [0.3, 0.4) is 0 Å². The number of piperazine rings is 1. The number of benzene rings is 1. The molecule has 2 fully saturated rings. The van der Waals surface area contributed by atoms with Crippen molar-refractivity contribution in [3.63, 3.8) is 0 Å². The van der Waals surface area contributed by atoms with E-state index in [0.29, 0.717) is 17.6 Å². The molecule has 188 valence electrons. The molecule has 0 radical (unpaired) electrons. The van der Waals surface area contributed by atoms with Crippen LogP contribution in [0.25, 0.3) is 0 Å². The number of rotatable bonds is 3. The Morgan fingerprint density at radius 3 is 2.49 bits per heavy atom. The summed E-state index contributed by atoms with van der Waals surface area (Å²) in [4.78, 5) is 29.2. The molecule has 1 aromatic heterocycles. The molecule has 1 aliphatic carbocycles. The van der Waals surface area contributed by atoms with Gasteiger partial charge in [-0.05, 0) is 83.1 Å². The molecule has 1 amide bonds. The number of hydrogen-bond acceptors (Lipinski definition) is 5. The first kappa shape index (κ1) is 24.8. The van der Waals surface area contributed by atoms with Gasteiger partial charge >= 0.3 is 0 Å². The van der Waals surface area contributed by atoms with Crippen molar-refractivity contribution in [2.75, 3.05) is 32.7 Å². The van der Waals surface area contributed by atoms with Crippen molar-refractivity contribution >= 4 is 21.8 Å². The molecule has 0 spiro atoms. The molecule has 3 aliphatic rings. The first-order chi connectivity index (χ1) is 16.8. The lowest BCUT2D eigenvalue weighted by Crippen LogP contribution is -2.62. The fourth-order valence-corrected chi connectivity index (χ4v) is 7.00. The van der Waals surface area contributed by atoms with Gasteiger partial charge in [0.1, 0.15) is 6.33 Å². The molecule has 2 atom stereocenters. The van der Waals surface area contributed by atoms with Gasteiger partial charge in [0, 0.05) is 54.8 Å². The van der Waals surface area contributed by atoms with E-state index in [4.69, 9.17) is 0 Å². The SMILES string of the molecule is Cc1ncnc(C)c1C(=O)N1CCC(C)(N2CCN(C3CCCc4cc(Br)ccc43)[C@@H](C)C2)CC1. The standard InChI is InChI=1S/C28H38BrN5O/c1-19-17-33(14-15-34(19)25-7-5-6-22-16-23(29)8-9-24(22)25)28(4)10-12-32(13-11-28)27(35)26-20(2)30-18-31-21(26)3/h8-9,16,18-19,25H,5-7,10-15,17H2,1-4H3/t19-,25?/m0/s1. The number of carbonyl (C=O) groups excluding carboxylic acids is 1. The van der Waals surface area contributed by atoms with E-state index < -0.39 is 0 Å². The molecule has 3 heterocycles. The number of fused-ring (bicyclic) bond motifs is 1. The van der Waals surface area contributed by atoms with Crippen LogP contribution < -0.4 is 0 Å². The van der Waals surface area contributed by atoms with Crippen molar-refractivity contribution in [1.29, 1.82) is 0 Å². The lowest BCUT2D eigenvalue weighted by molar-refractivity contribution is -0.0322. The Labute approximate surface area is 218 Å². The van der Waals surface area contributed by atoms with Crippen molar-refractivity contribution < 1.29 is 4.79 Å². The van der Waals surface area contributed by atoms with Gasteiger partial charge in [0.2, 0.25) is 0 Å². The molecule has 1 unspecified atom stereocenters. The van der Waals surface area contributed by atoms with Crippen molar-refractivity contribution in [3.05, 3.63) is 57.1 Å². The molecule has 6 nitrogen and oxygen atoms in total. The average Bonchev–Trinajstić information content (AvgIpc) is 2.84. The molecule has 2 aliphatic heterocycles. The number of hydrogen-bond donors (Lipinski definition) is 0. The van der Waals surface area contributed by atoms with E-state index in [0.717, 1.165) is 57.0 Å². The van der Waals surface area contributed by atoms with Crippen molar-refractivity contribution in [3.8, 4) is 0 Å². The third-order valence-corrected chi connectivity index (χ3v) is 9.29. The van der Waals surface area contributed by atoms with Gasteiger partial charge in [-0.2, -0.15) is 0 Å². The van der Waals surface area contributed by atoms with Gasteiger partial charge in [-0.15, -0.1) is 0 Å². The van der Waals surface area contributed by atoms with Crippen molar-refractivity contribution in [1.82, 2.24) is 24.7 Å². The molecule has 35 heavy (non-hydrogen) atoms. The number of aryl methyl sites for hydroxylation is 3. The molecule has 7 heteroatoms. The first-order valence-electron chi connectivity index (χ1n) is 13.1. The van der Waals surface area contributed by atoms with Crippen LogP contribution in [0.4, 0.5) is 0 Å². The lowest BCUT2D eigenvalue weighted by atomic mass is 9.84. The third kappa shape index (κ3) is 4.79. The maximum Gasteiger partial charge on any atom is 0.257 e. The Morgan fingerprint density at radius 1 is 1.09 bits per heavy atom. The van der Waals surface area contributed by atoms with E-state index in [2.05, 4.69) is 67.7 Å². The van der Waals surface area contributed by atoms with E-state index in [-0.39, 0.29) is 11.4 Å². The van der Waals surface area contributed by atoms with Crippen LogP contribution in [0, 0.1) is 13.8 Å². The van der Waals surface area contributed by atoms with Gasteiger partial charge in [-0.3, -0.25) is 14.6 Å². The predicted molar refractivity (Wildman–Crippen MR) is 143 cm³/mol. The Hall–Kier alpha value is -1.83. The van der Waals surface area contributed by atoms with E-state index in [1.165, 1.54) is 34.9 Å². The zero-order chi connectivity index (χ0) is 24.7. The fourth-order valence-electron chi connectivity index (χ4n) is 6.60. The normalized spacial score (nSPS) is 25.3. The minimum Gasteiger partial charge on any atom is -0.338 e. The van der Waals surface area contributed by atoms with Crippen molar-refractivity contribution in [2.24, 2.45) is 0 Å². The summed E-state index contributed by atoms with van der Waals surface area (Å²) >= 11 is 3.66. The molecule has 5 rings (SSSR count). The van der Waals surface area contributed by atoms with Gasteiger partial charge in [-0.25, -0.2) is 9.97 Å². The van der Waals surface area contributed by atoms with E-state index in [1.54, 1.807) is 6.33 Å². The van der Waals surface area contributed by atoms with E-state index >= 15 is 0 Å². The number of halogens is 1. The van der Waals surface area contributed by atoms with Gasteiger partial charge in [0.25, 0.3) is 5.91 Å². The minimum absolute atomic E-state index is 0.0865. The molecular weight excluding hydrogens is 502 g/mol. The summed E-state index contributed by atoms with van der Waals surface area (Å²) in [6, 6.07) is 7.93. The van der Waals surface area contributed by atoms with E-state index in [1.807, 2.05) is 18.7 Å². The van der Waals surface area contributed by atoms with Gasteiger partial charge in [0.05, 0.1) is 17.0 Å². The Kier molecular flexibility index (Phi) is 7.03. The summed E-state index contributed by atoms with van der Waals surface area (Å²) in [5, 5.41) is 0. The van der Waals surface area contributed by atoms with Gasteiger partial charge in [0.15, 0.2) is 0 Å². The van der Waals surface area contributed by atoms with Crippen molar-refractivity contribution in [2.45, 2.75) is 77.4 Å². The molecule has 0 bridgehead atoms. The largest absolute Gasteiger partial charge is 0.338 e.